The summed E-state index contributed by atoms with van der Waals surface area (Å²) in [6.07, 6.45) is 1.77. The number of ether oxygens (including phenoxy) is 2. The van der Waals surface area contributed by atoms with Crippen molar-refractivity contribution in [2.24, 2.45) is 0 Å². The summed E-state index contributed by atoms with van der Waals surface area (Å²) in [6, 6.07) is 12.9. The fourth-order valence-corrected chi connectivity index (χ4v) is 3.38. The van der Waals surface area contributed by atoms with Gasteiger partial charge in [0.15, 0.2) is 11.5 Å². The first-order valence-corrected chi connectivity index (χ1v) is 8.95. The summed E-state index contributed by atoms with van der Waals surface area (Å²) < 4.78 is 11.7. The zero-order valence-electron chi connectivity index (χ0n) is 13.2. The molecule has 1 amide bonds. The van der Waals surface area contributed by atoms with E-state index in [9.17, 15) is 4.79 Å². The van der Waals surface area contributed by atoms with Crippen molar-refractivity contribution in [1.29, 1.82) is 0 Å². The zero-order chi connectivity index (χ0) is 17.8. The summed E-state index contributed by atoms with van der Waals surface area (Å²) in [6.45, 7) is 0.382. The molecule has 0 bridgehead atoms. The van der Waals surface area contributed by atoms with Crippen LogP contribution in [0.3, 0.4) is 0 Å². The summed E-state index contributed by atoms with van der Waals surface area (Å²) in [7, 11) is 1.58. The van der Waals surface area contributed by atoms with Crippen molar-refractivity contribution in [2.75, 3.05) is 7.11 Å². The van der Waals surface area contributed by atoms with E-state index in [4.69, 9.17) is 33.3 Å². The highest BCUT2D eigenvalue weighted by molar-refractivity contribution is 8.26. The molecule has 0 aromatic heterocycles. The monoisotopic (exact) mass is 391 g/mol. The lowest BCUT2D eigenvalue weighted by Crippen LogP contribution is -2.17. The lowest BCUT2D eigenvalue weighted by atomic mass is 10.2. The first kappa shape index (κ1) is 17.8. The third-order valence-corrected chi connectivity index (χ3v) is 4.85. The Morgan fingerprint density at radius 2 is 1.96 bits per heavy atom. The number of amides is 1. The predicted molar refractivity (Wildman–Crippen MR) is 105 cm³/mol. The third kappa shape index (κ3) is 4.54. The number of nitrogens with one attached hydrogen (secondary N) is 1. The second-order valence-corrected chi connectivity index (χ2v) is 7.33. The van der Waals surface area contributed by atoms with Gasteiger partial charge in [-0.3, -0.25) is 4.79 Å². The summed E-state index contributed by atoms with van der Waals surface area (Å²) >= 11 is 12.1. The number of hydrogen-bond donors (Lipinski definition) is 1. The second-order valence-electron chi connectivity index (χ2n) is 5.18. The Morgan fingerprint density at radius 1 is 1.20 bits per heavy atom. The zero-order valence-corrected chi connectivity index (χ0v) is 15.6. The smallest absolute Gasteiger partial charge is 0.263 e. The first-order chi connectivity index (χ1) is 12.0. The fraction of sp³-hybridized carbons (Fsp3) is 0.111. The van der Waals surface area contributed by atoms with E-state index < -0.39 is 0 Å². The lowest BCUT2D eigenvalue weighted by Gasteiger charge is -2.12. The highest BCUT2D eigenvalue weighted by Crippen LogP contribution is 2.32. The SMILES string of the molecule is COc1ccc(/C=C2\SC(=S)NC2=O)cc1OCc1ccc(Cl)cc1. The third-order valence-electron chi connectivity index (χ3n) is 3.44. The van der Waals surface area contributed by atoms with Crippen LogP contribution in [0, 0.1) is 0 Å². The van der Waals surface area contributed by atoms with Crippen molar-refractivity contribution in [3.63, 3.8) is 0 Å². The van der Waals surface area contributed by atoms with Gasteiger partial charge >= 0.3 is 0 Å². The molecule has 0 spiro atoms. The second kappa shape index (κ2) is 7.91. The molecule has 128 valence electrons. The molecule has 0 saturated carbocycles. The number of thiocarbonyl (C=S) groups is 1. The number of methoxy groups -OCH3 is 1. The summed E-state index contributed by atoms with van der Waals surface area (Å²) in [5, 5.41) is 3.28. The van der Waals surface area contributed by atoms with Crippen LogP contribution in [0.5, 0.6) is 11.5 Å². The maximum atomic E-state index is 11.8. The summed E-state index contributed by atoms with van der Waals surface area (Å²) in [5.41, 5.74) is 1.82. The predicted octanol–water partition coefficient (Wildman–Crippen LogP) is 4.42. The Balaban J connectivity index is 1.80. The van der Waals surface area contributed by atoms with Gasteiger partial charge in [-0.1, -0.05) is 53.8 Å². The quantitative estimate of drug-likeness (QED) is 0.604. The molecule has 7 heteroatoms. The molecule has 1 aliphatic heterocycles. The van der Waals surface area contributed by atoms with E-state index in [0.29, 0.717) is 32.4 Å². The van der Waals surface area contributed by atoms with Crippen molar-refractivity contribution in [1.82, 2.24) is 5.32 Å². The van der Waals surface area contributed by atoms with Gasteiger partial charge in [-0.05, 0) is 41.5 Å². The number of halogens is 1. The number of benzene rings is 2. The number of carbonyl (C=O) groups excluding carboxylic acids is 1. The Bertz CT molecular complexity index is 850. The number of hydrogen-bond acceptors (Lipinski definition) is 5. The summed E-state index contributed by atoms with van der Waals surface area (Å²) in [5.74, 6) is 1.03. The standard InChI is InChI=1S/C18H14ClNO3S2/c1-22-14-7-4-12(9-16-17(21)20-18(24)25-16)8-15(14)23-10-11-2-5-13(19)6-3-11/h2-9H,10H2,1H3,(H,20,21,24)/b16-9-. The molecule has 1 N–H and O–H groups in total. The lowest BCUT2D eigenvalue weighted by molar-refractivity contribution is -0.115. The van der Waals surface area contributed by atoms with Gasteiger partial charge in [0.1, 0.15) is 10.9 Å². The van der Waals surface area contributed by atoms with Crippen LogP contribution in [0.2, 0.25) is 5.02 Å². The minimum Gasteiger partial charge on any atom is -0.493 e. The molecule has 0 atom stereocenters. The van der Waals surface area contributed by atoms with Gasteiger partial charge in [-0.2, -0.15) is 0 Å². The van der Waals surface area contributed by atoms with Gasteiger partial charge in [-0.25, -0.2) is 0 Å². The van der Waals surface area contributed by atoms with Gasteiger partial charge in [-0.15, -0.1) is 0 Å². The first-order valence-electron chi connectivity index (χ1n) is 7.35. The van der Waals surface area contributed by atoms with Crippen LogP contribution in [0.4, 0.5) is 0 Å². The Morgan fingerprint density at radius 3 is 2.60 bits per heavy atom. The van der Waals surface area contributed by atoms with Gasteiger partial charge in [0, 0.05) is 5.02 Å². The molecule has 0 aliphatic carbocycles. The maximum absolute atomic E-state index is 11.8. The molecular formula is C18H14ClNO3S2. The van der Waals surface area contributed by atoms with Crippen molar-refractivity contribution >= 4 is 51.9 Å². The molecule has 1 aliphatic rings. The van der Waals surface area contributed by atoms with Crippen LogP contribution in [0.1, 0.15) is 11.1 Å². The van der Waals surface area contributed by atoms with Crippen LogP contribution >= 0.6 is 35.6 Å². The van der Waals surface area contributed by atoms with Gasteiger partial charge in [0.25, 0.3) is 5.91 Å². The van der Waals surface area contributed by atoms with Gasteiger partial charge in [0.05, 0.1) is 12.0 Å². The van der Waals surface area contributed by atoms with Crippen LogP contribution in [0.15, 0.2) is 47.4 Å². The number of carbonyl (C=O) groups is 1. The fourth-order valence-electron chi connectivity index (χ4n) is 2.21. The highest BCUT2D eigenvalue weighted by Gasteiger charge is 2.22. The average molecular weight is 392 g/mol. The van der Waals surface area contributed by atoms with E-state index in [1.807, 2.05) is 36.4 Å². The van der Waals surface area contributed by atoms with Crippen molar-refractivity contribution in [3.8, 4) is 11.5 Å². The van der Waals surface area contributed by atoms with Gasteiger partial charge in [0.2, 0.25) is 0 Å². The van der Waals surface area contributed by atoms with Gasteiger partial charge < -0.3 is 14.8 Å². The van der Waals surface area contributed by atoms with Crippen molar-refractivity contribution < 1.29 is 14.3 Å². The van der Waals surface area contributed by atoms with E-state index in [1.165, 1.54) is 11.8 Å². The molecule has 1 heterocycles. The minimum absolute atomic E-state index is 0.186. The van der Waals surface area contributed by atoms with Crippen molar-refractivity contribution in [2.45, 2.75) is 6.61 Å². The number of thioether (sulfide) groups is 1. The van der Waals surface area contributed by atoms with E-state index in [1.54, 1.807) is 19.3 Å². The molecule has 0 unspecified atom stereocenters. The normalized spacial score (nSPS) is 15.4. The van der Waals surface area contributed by atoms with Crippen LogP contribution in [-0.2, 0) is 11.4 Å². The maximum Gasteiger partial charge on any atom is 0.263 e. The van der Waals surface area contributed by atoms with Crippen LogP contribution < -0.4 is 14.8 Å². The van der Waals surface area contributed by atoms with E-state index in [0.717, 1.165) is 11.1 Å². The molecule has 0 radical (unpaired) electrons. The van der Waals surface area contributed by atoms with E-state index in [-0.39, 0.29) is 5.91 Å². The molecule has 3 rings (SSSR count). The highest BCUT2D eigenvalue weighted by atomic mass is 35.5. The average Bonchev–Trinajstić information content (AvgIpc) is 2.92. The van der Waals surface area contributed by atoms with E-state index >= 15 is 0 Å². The minimum atomic E-state index is -0.186. The topological polar surface area (TPSA) is 47.6 Å². The summed E-state index contributed by atoms with van der Waals surface area (Å²) in [4.78, 5) is 12.3. The van der Waals surface area contributed by atoms with Crippen LogP contribution in [0.25, 0.3) is 6.08 Å². The molecule has 1 saturated heterocycles. The van der Waals surface area contributed by atoms with E-state index in [2.05, 4.69) is 5.32 Å². The van der Waals surface area contributed by atoms with Crippen LogP contribution in [-0.4, -0.2) is 17.3 Å². The molecule has 1 fully saturated rings. The molecule has 4 nitrogen and oxygen atoms in total. The molecule has 2 aromatic carbocycles. The molecule has 25 heavy (non-hydrogen) atoms. The Kier molecular flexibility index (Phi) is 5.63. The Hall–Kier alpha value is -2.02. The molecular weight excluding hydrogens is 378 g/mol. The molecule has 2 aromatic rings. The number of rotatable bonds is 5. The largest absolute Gasteiger partial charge is 0.493 e. The Labute approximate surface area is 160 Å². The van der Waals surface area contributed by atoms with Crippen molar-refractivity contribution in [3.05, 3.63) is 63.5 Å².